The van der Waals surface area contributed by atoms with Gasteiger partial charge in [0.05, 0.1) is 12.0 Å². The van der Waals surface area contributed by atoms with Crippen LogP contribution in [0, 0.1) is 0 Å². The van der Waals surface area contributed by atoms with Crippen molar-refractivity contribution >= 4 is 22.5 Å². The third-order valence-corrected chi connectivity index (χ3v) is 5.11. The monoisotopic (exact) mass is 204 g/mol. The van der Waals surface area contributed by atoms with Gasteiger partial charge in [0.25, 0.3) is 0 Å². The van der Waals surface area contributed by atoms with Crippen LogP contribution in [-0.2, 0) is 4.74 Å². The van der Waals surface area contributed by atoms with Gasteiger partial charge in [-0.3, -0.25) is 0 Å². The van der Waals surface area contributed by atoms with Gasteiger partial charge in [-0.15, -0.1) is 11.6 Å². The fourth-order valence-corrected chi connectivity index (χ4v) is 3.95. The van der Waals surface area contributed by atoms with E-state index in [1.54, 1.807) is 0 Å². The highest BCUT2D eigenvalue weighted by molar-refractivity contribution is 8.23. The molecule has 0 radical (unpaired) electrons. The van der Waals surface area contributed by atoms with Crippen molar-refractivity contribution in [3.8, 4) is 0 Å². The number of thiol groups is 1. The average molecular weight is 205 g/mol. The number of hydrogen-bond acceptors (Lipinski definition) is 1. The van der Waals surface area contributed by atoms with Gasteiger partial charge in [0.15, 0.2) is 0 Å². The second kappa shape index (κ2) is 3.86. The van der Waals surface area contributed by atoms with Crippen LogP contribution >= 0.6 is 22.5 Å². The molecular weight excluding hydrogens is 192 g/mol. The molecule has 0 saturated carbocycles. The molecule has 0 N–H and O–H groups in total. The van der Waals surface area contributed by atoms with E-state index in [1.807, 2.05) is 0 Å². The van der Waals surface area contributed by atoms with Crippen LogP contribution in [0.4, 0.5) is 0 Å². The molecule has 0 aromatic carbocycles. The molecule has 1 saturated heterocycles. The number of allylic oxidation sites excluding steroid dienone is 3. The maximum absolute atomic E-state index is 5.81. The van der Waals surface area contributed by atoms with Crippen molar-refractivity contribution in [2.24, 2.45) is 0 Å². The summed E-state index contributed by atoms with van der Waals surface area (Å²) in [7, 11) is -0.0790. The summed E-state index contributed by atoms with van der Waals surface area (Å²) in [6.07, 6.45) is 6.03. The molecule has 2 atom stereocenters. The summed E-state index contributed by atoms with van der Waals surface area (Å²) in [5.74, 6) is 1.87. The minimum atomic E-state index is -0.0790. The maximum atomic E-state index is 5.81. The zero-order valence-electron chi connectivity index (χ0n) is 6.87. The second-order valence-electron chi connectivity index (χ2n) is 3.07. The van der Waals surface area contributed by atoms with Crippen molar-refractivity contribution in [3.05, 3.63) is 22.5 Å². The van der Waals surface area contributed by atoms with E-state index in [2.05, 4.69) is 17.6 Å². The third-order valence-electron chi connectivity index (χ3n) is 2.25. The summed E-state index contributed by atoms with van der Waals surface area (Å²) >= 11 is 5.81. The molecule has 1 nitrogen and oxygen atoms in total. The van der Waals surface area contributed by atoms with E-state index < -0.39 is 0 Å². The van der Waals surface area contributed by atoms with Crippen molar-refractivity contribution in [2.45, 2.75) is 12.5 Å². The summed E-state index contributed by atoms with van der Waals surface area (Å²) in [4.78, 5) is 1.40. The lowest BCUT2D eigenvalue weighted by Crippen LogP contribution is -2.29. The summed E-state index contributed by atoms with van der Waals surface area (Å²) in [5, 5.41) is 2.29. The lowest BCUT2D eigenvalue weighted by molar-refractivity contribution is -0.0344. The average Bonchev–Trinajstić information content (AvgIpc) is 2.43. The fourth-order valence-electron chi connectivity index (χ4n) is 1.40. The lowest BCUT2D eigenvalue weighted by Gasteiger charge is -2.30. The van der Waals surface area contributed by atoms with Crippen molar-refractivity contribution in [3.63, 3.8) is 0 Å². The predicted molar refractivity (Wildman–Crippen MR) is 56.2 cm³/mol. The normalized spacial score (nSPS) is 36.2. The Morgan fingerprint density at radius 3 is 3.08 bits per heavy atom. The Labute approximate surface area is 80.8 Å². The predicted octanol–water partition coefficient (Wildman–Crippen LogP) is 2.43. The zero-order valence-corrected chi connectivity index (χ0v) is 8.52. The maximum Gasteiger partial charge on any atom is 0.0676 e. The molecular formula is C9H13ClOS. The van der Waals surface area contributed by atoms with E-state index in [9.17, 15) is 0 Å². The SMILES string of the molecule is ClCC1=CC=C[SH]1CC1CCO1. The Morgan fingerprint density at radius 1 is 1.67 bits per heavy atom. The Balaban J connectivity index is 1.86. The van der Waals surface area contributed by atoms with Crippen LogP contribution in [0.1, 0.15) is 6.42 Å². The van der Waals surface area contributed by atoms with Gasteiger partial charge < -0.3 is 4.74 Å². The highest BCUT2D eigenvalue weighted by Crippen LogP contribution is 2.43. The number of halogens is 1. The third kappa shape index (κ3) is 1.70. The largest absolute Gasteiger partial charge is 0.377 e. The number of hydrogen-bond donors (Lipinski definition) is 1. The first-order valence-electron chi connectivity index (χ1n) is 4.22. The van der Waals surface area contributed by atoms with Gasteiger partial charge >= 0.3 is 0 Å². The molecule has 2 aliphatic heterocycles. The van der Waals surface area contributed by atoms with Gasteiger partial charge in [-0.25, -0.2) is 10.9 Å². The minimum Gasteiger partial charge on any atom is -0.377 e. The molecule has 2 heterocycles. The summed E-state index contributed by atoms with van der Waals surface area (Å²) in [6, 6.07) is 0. The van der Waals surface area contributed by atoms with Gasteiger partial charge in [-0.05, 0) is 16.7 Å². The summed E-state index contributed by atoms with van der Waals surface area (Å²) in [6.45, 7) is 0.956. The molecule has 0 aromatic rings. The minimum absolute atomic E-state index is 0.0790. The van der Waals surface area contributed by atoms with E-state index in [4.69, 9.17) is 16.3 Å². The van der Waals surface area contributed by atoms with Crippen molar-refractivity contribution in [2.75, 3.05) is 18.2 Å². The van der Waals surface area contributed by atoms with Crippen LogP contribution in [0.2, 0.25) is 0 Å². The highest BCUT2D eigenvalue weighted by Gasteiger charge is 2.22. The second-order valence-corrected chi connectivity index (χ2v) is 5.51. The van der Waals surface area contributed by atoms with Gasteiger partial charge in [0.1, 0.15) is 0 Å². The Kier molecular flexibility index (Phi) is 2.79. The molecule has 0 aliphatic carbocycles. The molecule has 2 unspecified atom stereocenters. The molecule has 12 heavy (non-hydrogen) atoms. The molecule has 0 bridgehead atoms. The number of alkyl halides is 1. The van der Waals surface area contributed by atoms with Gasteiger partial charge in [-0.2, -0.15) is 0 Å². The quantitative estimate of drug-likeness (QED) is 0.549. The molecule has 0 aromatic heterocycles. The van der Waals surface area contributed by atoms with Crippen molar-refractivity contribution in [1.82, 2.24) is 0 Å². The first kappa shape index (κ1) is 8.67. The van der Waals surface area contributed by atoms with E-state index in [0.717, 1.165) is 6.61 Å². The van der Waals surface area contributed by atoms with Crippen LogP contribution in [-0.4, -0.2) is 24.3 Å². The van der Waals surface area contributed by atoms with Gasteiger partial charge in [-0.1, -0.05) is 12.2 Å². The van der Waals surface area contributed by atoms with E-state index in [-0.39, 0.29) is 10.9 Å². The standard InChI is InChI=1S/C9H13ClOS/c10-6-9-2-1-5-12(9)7-8-3-4-11-8/h1-2,5,8,12H,3-4,6-7H2. The molecule has 0 amide bonds. The Bertz CT molecular complexity index is 221. The fraction of sp³-hybridized carbons (Fsp3) is 0.556. The molecule has 1 fully saturated rings. The molecule has 68 valence electrons. The molecule has 3 heteroatoms. The Hall–Kier alpha value is 0.0800. The molecule has 2 aliphatic rings. The number of rotatable bonds is 3. The topological polar surface area (TPSA) is 9.23 Å². The zero-order chi connectivity index (χ0) is 8.39. The van der Waals surface area contributed by atoms with Crippen LogP contribution in [0.25, 0.3) is 0 Å². The van der Waals surface area contributed by atoms with Crippen LogP contribution in [0.5, 0.6) is 0 Å². The smallest absolute Gasteiger partial charge is 0.0676 e. The van der Waals surface area contributed by atoms with Crippen LogP contribution in [0.3, 0.4) is 0 Å². The lowest BCUT2D eigenvalue weighted by atomic mass is 10.2. The van der Waals surface area contributed by atoms with Crippen molar-refractivity contribution < 1.29 is 4.74 Å². The molecule has 2 rings (SSSR count). The first-order chi connectivity index (χ1) is 5.90. The van der Waals surface area contributed by atoms with Gasteiger partial charge in [0, 0.05) is 12.4 Å². The van der Waals surface area contributed by atoms with E-state index in [1.165, 1.54) is 17.1 Å². The van der Waals surface area contributed by atoms with Crippen LogP contribution < -0.4 is 0 Å². The summed E-state index contributed by atoms with van der Waals surface area (Å²) in [5.41, 5.74) is 0. The van der Waals surface area contributed by atoms with Gasteiger partial charge in [0.2, 0.25) is 0 Å². The Morgan fingerprint density at radius 2 is 2.50 bits per heavy atom. The highest BCUT2D eigenvalue weighted by atomic mass is 35.5. The molecule has 0 spiro atoms. The van der Waals surface area contributed by atoms with E-state index >= 15 is 0 Å². The van der Waals surface area contributed by atoms with E-state index in [0.29, 0.717) is 12.0 Å². The van der Waals surface area contributed by atoms with Crippen molar-refractivity contribution in [1.29, 1.82) is 0 Å². The first-order valence-corrected chi connectivity index (χ1v) is 6.35. The summed E-state index contributed by atoms with van der Waals surface area (Å²) < 4.78 is 5.40. The van der Waals surface area contributed by atoms with Crippen LogP contribution in [0.15, 0.2) is 22.5 Å². The number of ether oxygens (including phenoxy) is 1.